The lowest BCUT2D eigenvalue weighted by atomic mass is 10.7. The van der Waals surface area contributed by atoms with Crippen molar-refractivity contribution in [1.82, 2.24) is 4.31 Å². The Morgan fingerprint density at radius 2 is 1.67 bits per heavy atom. The molecule has 0 saturated heterocycles. The SMILES string of the molecule is CCN([S])CC. The van der Waals surface area contributed by atoms with E-state index in [1.807, 2.05) is 4.31 Å². The summed E-state index contributed by atoms with van der Waals surface area (Å²) in [6.45, 7) is 6.06. The molecule has 0 fully saturated rings. The fourth-order valence-electron chi connectivity index (χ4n) is 0.224. The van der Waals surface area contributed by atoms with Crippen LogP contribution in [0.3, 0.4) is 0 Å². The Kier molecular flexibility index (Phi) is 3.68. The van der Waals surface area contributed by atoms with Gasteiger partial charge in [-0.1, -0.05) is 13.8 Å². The molecule has 0 aliphatic heterocycles. The molecule has 0 N–H and O–H groups in total. The minimum absolute atomic E-state index is 0.978. The highest BCUT2D eigenvalue weighted by Crippen LogP contribution is 1.86. The fourth-order valence-corrected chi connectivity index (χ4v) is 0.224. The zero-order valence-electron chi connectivity index (χ0n) is 4.27. The minimum Gasteiger partial charge on any atom is -0.241 e. The highest BCUT2D eigenvalue weighted by molar-refractivity contribution is 7.77. The third kappa shape index (κ3) is 2.54. The summed E-state index contributed by atoms with van der Waals surface area (Å²) in [5.74, 6) is 0. The summed E-state index contributed by atoms with van der Waals surface area (Å²) in [5, 5.41) is 0. The van der Waals surface area contributed by atoms with Crippen molar-refractivity contribution in [3.63, 3.8) is 0 Å². The molecule has 1 nitrogen and oxygen atoms in total. The van der Waals surface area contributed by atoms with Gasteiger partial charge >= 0.3 is 0 Å². The summed E-state index contributed by atoms with van der Waals surface area (Å²) in [7, 11) is 0. The largest absolute Gasteiger partial charge is 0.241 e. The molecule has 0 aliphatic carbocycles. The van der Waals surface area contributed by atoms with E-state index in [9.17, 15) is 0 Å². The molecular weight excluding hydrogens is 94.1 g/mol. The maximum Gasteiger partial charge on any atom is 0.00837 e. The molecule has 37 valence electrons. The van der Waals surface area contributed by atoms with Crippen molar-refractivity contribution in [1.29, 1.82) is 0 Å². The molecule has 0 unspecified atom stereocenters. The van der Waals surface area contributed by atoms with Crippen molar-refractivity contribution in [2.75, 3.05) is 13.1 Å². The molecule has 0 atom stereocenters. The van der Waals surface area contributed by atoms with Gasteiger partial charge in [-0.3, -0.25) is 0 Å². The van der Waals surface area contributed by atoms with Crippen molar-refractivity contribution in [2.24, 2.45) is 0 Å². The van der Waals surface area contributed by atoms with Crippen molar-refractivity contribution in [3.8, 4) is 0 Å². The van der Waals surface area contributed by atoms with Gasteiger partial charge in [0.25, 0.3) is 0 Å². The van der Waals surface area contributed by atoms with Gasteiger partial charge in [-0.15, -0.1) is 0 Å². The number of hydrogen-bond donors (Lipinski definition) is 0. The van der Waals surface area contributed by atoms with Gasteiger partial charge in [-0.2, -0.15) is 0 Å². The summed E-state index contributed by atoms with van der Waals surface area (Å²) in [4.78, 5) is 0. The van der Waals surface area contributed by atoms with Crippen LogP contribution < -0.4 is 0 Å². The van der Waals surface area contributed by atoms with Crippen LogP contribution in [0.2, 0.25) is 0 Å². The van der Waals surface area contributed by atoms with Gasteiger partial charge in [-0.05, 0) is 0 Å². The van der Waals surface area contributed by atoms with Crippen molar-refractivity contribution in [3.05, 3.63) is 0 Å². The van der Waals surface area contributed by atoms with Crippen LogP contribution in [0.15, 0.2) is 0 Å². The van der Waals surface area contributed by atoms with Gasteiger partial charge in [-0.25, -0.2) is 4.31 Å². The third-order valence-corrected chi connectivity index (χ3v) is 1.22. The number of hydrogen-bond acceptors (Lipinski definition) is 1. The Morgan fingerprint density at radius 3 is 1.67 bits per heavy atom. The molecule has 0 bridgehead atoms. The highest BCUT2D eigenvalue weighted by Gasteiger charge is 1.84. The molecule has 0 amide bonds. The fraction of sp³-hybridized carbons (Fsp3) is 1.00. The molecule has 1 radical (unpaired) electrons. The Balaban J connectivity index is 2.75. The molecule has 0 aromatic heterocycles. The Hall–Kier alpha value is 0.310. The lowest BCUT2D eigenvalue weighted by Crippen LogP contribution is -2.08. The second-order valence-electron chi connectivity index (χ2n) is 1.11. The topological polar surface area (TPSA) is 3.24 Å². The zero-order valence-corrected chi connectivity index (χ0v) is 5.09. The number of nitrogens with zero attached hydrogens (tertiary/aromatic N) is 1. The van der Waals surface area contributed by atoms with Gasteiger partial charge in [0, 0.05) is 25.9 Å². The predicted molar refractivity (Wildman–Crippen MR) is 30.5 cm³/mol. The predicted octanol–water partition coefficient (Wildman–Crippen LogP) is 1.44. The van der Waals surface area contributed by atoms with E-state index in [0.29, 0.717) is 0 Å². The monoisotopic (exact) mass is 104 g/mol. The number of rotatable bonds is 2. The Bertz CT molecular complexity index is 26.7. The molecule has 0 aliphatic rings. The van der Waals surface area contributed by atoms with Gasteiger partial charge in [0.15, 0.2) is 0 Å². The summed E-state index contributed by atoms with van der Waals surface area (Å²) in [5.41, 5.74) is 0. The maximum atomic E-state index is 4.77. The first-order valence-corrected chi connectivity index (χ1v) is 2.59. The molecule has 6 heavy (non-hydrogen) atoms. The standard InChI is InChI=1S/C4H10NS/c1-3-5(6)4-2/h3-4H2,1-2H3. The smallest absolute Gasteiger partial charge is 0.00837 e. The minimum atomic E-state index is 0.978. The van der Waals surface area contributed by atoms with E-state index in [-0.39, 0.29) is 0 Å². The molecule has 0 spiro atoms. The zero-order chi connectivity index (χ0) is 4.99. The van der Waals surface area contributed by atoms with Gasteiger partial charge < -0.3 is 0 Å². The van der Waals surface area contributed by atoms with Gasteiger partial charge in [0.05, 0.1) is 0 Å². The van der Waals surface area contributed by atoms with Crippen molar-refractivity contribution >= 4 is 12.8 Å². The van der Waals surface area contributed by atoms with E-state index in [1.54, 1.807) is 0 Å². The lowest BCUT2D eigenvalue weighted by molar-refractivity contribution is 0.532. The van der Waals surface area contributed by atoms with Crippen LogP contribution in [-0.4, -0.2) is 17.4 Å². The summed E-state index contributed by atoms with van der Waals surface area (Å²) in [6.07, 6.45) is 0. The first-order valence-electron chi connectivity index (χ1n) is 2.23. The summed E-state index contributed by atoms with van der Waals surface area (Å²) < 4.78 is 1.83. The average Bonchev–Trinajstić information content (AvgIpc) is 1.65. The Morgan fingerprint density at radius 1 is 1.33 bits per heavy atom. The second-order valence-corrected chi connectivity index (χ2v) is 1.63. The second kappa shape index (κ2) is 3.50. The first kappa shape index (κ1) is 6.31. The summed E-state index contributed by atoms with van der Waals surface area (Å²) in [6, 6.07) is 0. The molecule has 0 rings (SSSR count). The highest BCUT2D eigenvalue weighted by atomic mass is 32.1. The maximum absolute atomic E-state index is 4.77. The van der Waals surface area contributed by atoms with Crippen LogP contribution in [0, 0.1) is 0 Å². The van der Waals surface area contributed by atoms with E-state index >= 15 is 0 Å². The van der Waals surface area contributed by atoms with Crippen LogP contribution >= 0.6 is 12.8 Å². The van der Waals surface area contributed by atoms with Crippen LogP contribution in [0.5, 0.6) is 0 Å². The molecular formula is C4H10NS. The van der Waals surface area contributed by atoms with Crippen molar-refractivity contribution < 1.29 is 0 Å². The Labute approximate surface area is 44.9 Å². The van der Waals surface area contributed by atoms with Gasteiger partial charge in [0.2, 0.25) is 0 Å². The third-order valence-electron chi connectivity index (χ3n) is 0.705. The average molecular weight is 104 g/mol. The van der Waals surface area contributed by atoms with Crippen LogP contribution in [-0.2, 0) is 0 Å². The normalized spacial score (nSPS) is 10.0. The van der Waals surface area contributed by atoms with E-state index < -0.39 is 0 Å². The molecule has 0 aromatic carbocycles. The molecule has 0 aromatic rings. The van der Waals surface area contributed by atoms with Crippen LogP contribution in [0.4, 0.5) is 0 Å². The van der Waals surface area contributed by atoms with E-state index in [0.717, 1.165) is 13.1 Å². The first-order chi connectivity index (χ1) is 2.81. The van der Waals surface area contributed by atoms with Crippen LogP contribution in [0.25, 0.3) is 0 Å². The molecule has 2 heteroatoms. The molecule has 0 heterocycles. The van der Waals surface area contributed by atoms with E-state index in [2.05, 4.69) is 13.8 Å². The molecule has 0 saturated carbocycles. The van der Waals surface area contributed by atoms with E-state index in [1.165, 1.54) is 0 Å². The van der Waals surface area contributed by atoms with Crippen LogP contribution in [0.1, 0.15) is 13.8 Å². The van der Waals surface area contributed by atoms with E-state index in [4.69, 9.17) is 12.8 Å². The quantitative estimate of drug-likeness (QED) is 0.512. The van der Waals surface area contributed by atoms with Gasteiger partial charge in [0.1, 0.15) is 0 Å². The van der Waals surface area contributed by atoms with Crippen molar-refractivity contribution in [2.45, 2.75) is 13.8 Å². The summed E-state index contributed by atoms with van der Waals surface area (Å²) >= 11 is 4.77. The lowest BCUT2D eigenvalue weighted by Gasteiger charge is -2.03.